The molecule has 8 heteroatoms. The van der Waals surface area contributed by atoms with Crippen molar-refractivity contribution in [1.29, 1.82) is 0 Å². The molecule has 0 bridgehead atoms. The van der Waals surface area contributed by atoms with Crippen LogP contribution in [0.5, 0.6) is 5.88 Å². The quantitative estimate of drug-likeness (QED) is 0.357. The van der Waals surface area contributed by atoms with Gasteiger partial charge in [-0.15, -0.1) is 0 Å². The average molecular weight is 310 g/mol. The fourth-order valence-electron chi connectivity index (χ4n) is 2.58. The smallest absolute Gasteiger partial charge is 0.372 e. The van der Waals surface area contributed by atoms with Crippen LogP contribution in [-0.4, -0.2) is 41.3 Å². The molecule has 1 aromatic heterocycles. The molecule has 1 N–H and O–H groups in total. The summed E-state index contributed by atoms with van der Waals surface area (Å²) in [6, 6.07) is 0.211. The Morgan fingerprint density at radius 1 is 1.27 bits per heavy atom. The number of aromatic nitrogens is 2. The maximum Gasteiger partial charge on any atom is 0.372 e. The predicted molar refractivity (Wildman–Crippen MR) is 81.2 cm³/mol. The summed E-state index contributed by atoms with van der Waals surface area (Å²) in [4.78, 5) is 18.8. The van der Waals surface area contributed by atoms with E-state index in [9.17, 15) is 10.1 Å². The summed E-state index contributed by atoms with van der Waals surface area (Å²) in [5.74, 6) is 0.215. The van der Waals surface area contributed by atoms with Gasteiger partial charge in [0.15, 0.2) is 0 Å². The van der Waals surface area contributed by atoms with Crippen molar-refractivity contribution in [2.45, 2.75) is 44.6 Å². The van der Waals surface area contributed by atoms with Crippen LogP contribution in [0.2, 0.25) is 0 Å². The first-order chi connectivity index (χ1) is 10.7. The van der Waals surface area contributed by atoms with Crippen LogP contribution in [0.1, 0.15) is 38.5 Å². The highest BCUT2D eigenvalue weighted by Gasteiger charge is 2.26. The number of hydrogen-bond acceptors (Lipinski definition) is 7. The SMILES string of the molecule is COCCOc1ncnc(NC2CCCCCC2)c1[N+](=O)[O-]. The second-order valence-electron chi connectivity index (χ2n) is 5.31. The van der Waals surface area contributed by atoms with Gasteiger partial charge >= 0.3 is 5.69 Å². The third-order valence-corrected chi connectivity index (χ3v) is 3.69. The Morgan fingerprint density at radius 2 is 2.00 bits per heavy atom. The second kappa shape index (κ2) is 8.47. The number of nitrogens with zero attached hydrogens (tertiary/aromatic N) is 3. The first-order valence-electron chi connectivity index (χ1n) is 7.60. The highest BCUT2D eigenvalue weighted by atomic mass is 16.6. The Kier molecular flexibility index (Phi) is 6.32. The Balaban J connectivity index is 2.14. The number of nitrogens with one attached hydrogen (secondary N) is 1. The van der Waals surface area contributed by atoms with E-state index in [1.54, 1.807) is 0 Å². The summed E-state index contributed by atoms with van der Waals surface area (Å²) >= 11 is 0. The van der Waals surface area contributed by atoms with Crippen molar-refractivity contribution in [2.75, 3.05) is 25.6 Å². The monoisotopic (exact) mass is 310 g/mol. The lowest BCUT2D eigenvalue weighted by molar-refractivity contribution is -0.385. The lowest BCUT2D eigenvalue weighted by atomic mass is 10.1. The van der Waals surface area contributed by atoms with Crippen LogP contribution in [0, 0.1) is 10.1 Å². The van der Waals surface area contributed by atoms with Gasteiger partial charge in [-0.2, -0.15) is 4.98 Å². The van der Waals surface area contributed by atoms with Gasteiger partial charge in [0, 0.05) is 13.2 Å². The van der Waals surface area contributed by atoms with Gasteiger partial charge in [0.25, 0.3) is 5.88 Å². The molecule has 1 aliphatic carbocycles. The van der Waals surface area contributed by atoms with Crippen molar-refractivity contribution in [3.63, 3.8) is 0 Å². The van der Waals surface area contributed by atoms with Crippen molar-refractivity contribution >= 4 is 11.5 Å². The molecule has 1 fully saturated rings. The third kappa shape index (κ3) is 4.52. The van der Waals surface area contributed by atoms with Gasteiger partial charge in [0.2, 0.25) is 5.82 Å². The van der Waals surface area contributed by atoms with Crippen molar-refractivity contribution in [2.24, 2.45) is 0 Å². The molecule has 22 heavy (non-hydrogen) atoms. The summed E-state index contributed by atoms with van der Waals surface area (Å²) in [6.07, 6.45) is 7.99. The van der Waals surface area contributed by atoms with Crippen molar-refractivity contribution in [3.8, 4) is 5.88 Å². The number of ether oxygens (including phenoxy) is 2. The standard InChI is InChI=1S/C14H22N4O4/c1-21-8-9-22-14-12(18(19)20)13(15-10-16-14)17-11-6-4-2-3-5-7-11/h10-11H,2-9H2,1H3,(H,15,16,17). The topological polar surface area (TPSA) is 99.4 Å². The van der Waals surface area contributed by atoms with Gasteiger partial charge in [-0.25, -0.2) is 4.98 Å². The molecule has 1 saturated carbocycles. The first-order valence-corrected chi connectivity index (χ1v) is 7.60. The lowest BCUT2D eigenvalue weighted by Gasteiger charge is -2.17. The molecule has 0 radical (unpaired) electrons. The largest absolute Gasteiger partial charge is 0.470 e. The summed E-state index contributed by atoms with van der Waals surface area (Å²) < 4.78 is 10.2. The number of methoxy groups -OCH3 is 1. The Bertz CT molecular complexity index is 490. The Morgan fingerprint density at radius 3 is 2.64 bits per heavy atom. The minimum absolute atomic E-state index is 0.0202. The predicted octanol–water partition coefficient (Wildman–Crippen LogP) is 2.54. The fourth-order valence-corrected chi connectivity index (χ4v) is 2.58. The highest BCUT2D eigenvalue weighted by Crippen LogP contribution is 2.32. The number of anilines is 1. The summed E-state index contributed by atoms with van der Waals surface area (Å²) in [5.41, 5.74) is -0.206. The molecule has 1 heterocycles. The van der Waals surface area contributed by atoms with Gasteiger partial charge in [-0.3, -0.25) is 10.1 Å². The van der Waals surface area contributed by atoms with Crippen LogP contribution in [-0.2, 0) is 4.74 Å². The Labute approximate surface area is 129 Å². The lowest BCUT2D eigenvalue weighted by Crippen LogP contribution is -2.20. The molecule has 0 saturated heterocycles. The second-order valence-corrected chi connectivity index (χ2v) is 5.31. The van der Waals surface area contributed by atoms with E-state index in [1.165, 1.54) is 26.3 Å². The first kappa shape index (κ1) is 16.4. The number of hydrogen-bond donors (Lipinski definition) is 1. The molecule has 122 valence electrons. The van der Waals surface area contributed by atoms with E-state index in [4.69, 9.17) is 9.47 Å². The van der Waals surface area contributed by atoms with E-state index in [-0.39, 0.29) is 30.0 Å². The summed E-state index contributed by atoms with van der Waals surface area (Å²) in [7, 11) is 1.54. The molecular weight excluding hydrogens is 288 g/mol. The molecule has 0 amide bonds. The zero-order valence-corrected chi connectivity index (χ0v) is 12.8. The molecule has 0 unspecified atom stereocenters. The maximum atomic E-state index is 11.4. The van der Waals surface area contributed by atoms with Crippen LogP contribution in [0.3, 0.4) is 0 Å². The van der Waals surface area contributed by atoms with Gasteiger partial charge < -0.3 is 14.8 Å². The van der Waals surface area contributed by atoms with Crippen molar-refractivity contribution in [3.05, 3.63) is 16.4 Å². The van der Waals surface area contributed by atoms with E-state index in [0.29, 0.717) is 6.61 Å². The van der Waals surface area contributed by atoms with Gasteiger partial charge in [0.05, 0.1) is 11.5 Å². The van der Waals surface area contributed by atoms with Crippen LogP contribution in [0.4, 0.5) is 11.5 Å². The molecule has 0 atom stereocenters. The molecular formula is C14H22N4O4. The van der Waals surface area contributed by atoms with Crippen molar-refractivity contribution in [1.82, 2.24) is 9.97 Å². The van der Waals surface area contributed by atoms with E-state index in [1.807, 2.05) is 0 Å². The molecule has 0 aliphatic heterocycles. The van der Waals surface area contributed by atoms with Gasteiger partial charge in [0.1, 0.15) is 12.9 Å². The zero-order valence-electron chi connectivity index (χ0n) is 12.8. The highest BCUT2D eigenvalue weighted by molar-refractivity contribution is 5.61. The molecule has 0 spiro atoms. The summed E-state index contributed by atoms with van der Waals surface area (Å²) in [5, 5.41) is 14.6. The van der Waals surface area contributed by atoms with Crippen LogP contribution >= 0.6 is 0 Å². The zero-order chi connectivity index (χ0) is 15.8. The van der Waals surface area contributed by atoms with Gasteiger partial charge in [-0.05, 0) is 12.8 Å². The average Bonchev–Trinajstić information content (AvgIpc) is 2.76. The molecule has 2 rings (SSSR count). The number of rotatable bonds is 7. The van der Waals surface area contributed by atoms with E-state index in [2.05, 4.69) is 15.3 Å². The van der Waals surface area contributed by atoms with Crippen molar-refractivity contribution < 1.29 is 14.4 Å². The van der Waals surface area contributed by atoms with E-state index < -0.39 is 4.92 Å². The molecule has 1 aliphatic rings. The minimum Gasteiger partial charge on any atom is -0.470 e. The molecule has 8 nitrogen and oxygen atoms in total. The minimum atomic E-state index is -0.499. The van der Waals surface area contributed by atoms with E-state index >= 15 is 0 Å². The van der Waals surface area contributed by atoms with E-state index in [0.717, 1.165) is 25.7 Å². The summed E-state index contributed by atoms with van der Waals surface area (Å²) in [6.45, 7) is 0.545. The third-order valence-electron chi connectivity index (χ3n) is 3.69. The van der Waals surface area contributed by atoms with Crippen LogP contribution in [0.25, 0.3) is 0 Å². The van der Waals surface area contributed by atoms with Crippen LogP contribution in [0.15, 0.2) is 6.33 Å². The van der Waals surface area contributed by atoms with Gasteiger partial charge in [-0.1, -0.05) is 25.7 Å². The Hall–Kier alpha value is -1.96. The fraction of sp³-hybridized carbons (Fsp3) is 0.714. The normalized spacial score (nSPS) is 16.0. The maximum absolute atomic E-state index is 11.4. The van der Waals surface area contributed by atoms with Crippen LogP contribution < -0.4 is 10.1 Å². The number of nitro groups is 1. The molecule has 1 aromatic rings. The molecule has 0 aromatic carbocycles.